The molecule has 1 N–H and O–H groups in total. The highest BCUT2D eigenvalue weighted by molar-refractivity contribution is 9.11. The molecular weight excluding hydrogens is 378 g/mol. The third kappa shape index (κ3) is 4.78. The van der Waals surface area contributed by atoms with E-state index in [0.717, 1.165) is 20.3 Å². The fourth-order valence-electron chi connectivity index (χ4n) is 1.77. The molecule has 4 nitrogen and oxygen atoms in total. The molecule has 1 aromatic carbocycles. The molecular formula is C13H17Br2NO3. The van der Waals surface area contributed by atoms with Crippen LogP contribution in [0, 0.1) is 0 Å². The monoisotopic (exact) mass is 393 g/mol. The lowest BCUT2D eigenvalue weighted by Gasteiger charge is -2.25. The van der Waals surface area contributed by atoms with Crippen molar-refractivity contribution in [1.82, 2.24) is 4.90 Å². The van der Waals surface area contributed by atoms with Crippen LogP contribution in [0.25, 0.3) is 0 Å². The lowest BCUT2D eigenvalue weighted by atomic mass is 10.1. The van der Waals surface area contributed by atoms with Gasteiger partial charge in [-0.15, -0.1) is 0 Å². The number of ether oxygens (including phenoxy) is 1. The maximum absolute atomic E-state index is 10.9. The maximum atomic E-state index is 10.9. The van der Waals surface area contributed by atoms with Crippen LogP contribution in [0.5, 0.6) is 5.75 Å². The summed E-state index contributed by atoms with van der Waals surface area (Å²) in [6.07, 6.45) is 0. The lowest BCUT2D eigenvalue weighted by Crippen LogP contribution is -2.35. The van der Waals surface area contributed by atoms with Crippen molar-refractivity contribution in [3.05, 3.63) is 26.6 Å². The molecule has 0 fully saturated rings. The number of carboxylic acid groups (broad SMARTS) is 1. The van der Waals surface area contributed by atoms with Crippen LogP contribution < -0.4 is 4.74 Å². The first kappa shape index (κ1) is 16.5. The number of benzene rings is 1. The van der Waals surface area contributed by atoms with Gasteiger partial charge in [0.2, 0.25) is 0 Å². The summed E-state index contributed by atoms with van der Waals surface area (Å²) in [5.74, 6) is -0.0963. The van der Waals surface area contributed by atoms with Gasteiger partial charge in [0.15, 0.2) is 0 Å². The molecule has 0 atom stereocenters. The second-order valence-corrected chi connectivity index (χ2v) is 6.24. The first-order valence-corrected chi connectivity index (χ1v) is 7.41. The van der Waals surface area contributed by atoms with Gasteiger partial charge in [0.1, 0.15) is 5.75 Å². The van der Waals surface area contributed by atoms with Gasteiger partial charge in [0.25, 0.3) is 0 Å². The molecule has 0 unspecified atom stereocenters. The van der Waals surface area contributed by atoms with Gasteiger partial charge in [-0.2, -0.15) is 0 Å². The third-order valence-electron chi connectivity index (χ3n) is 2.73. The van der Waals surface area contributed by atoms with E-state index in [2.05, 4.69) is 31.9 Å². The summed E-state index contributed by atoms with van der Waals surface area (Å²) in [4.78, 5) is 12.8. The van der Waals surface area contributed by atoms with E-state index in [1.807, 2.05) is 30.9 Å². The van der Waals surface area contributed by atoms with Crippen LogP contribution in [0.3, 0.4) is 0 Å². The van der Waals surface area contributed by atoms with E-state index in [4.69, 9.17) is 9.84 Å². The second-order valence-electron chi connectivity index (χ2n) is 4.47. The average Bonchev–Trinajstić information content (AvgIpc) is 2.26. The second kappa shape index (κ2) is 7.26. The lowest BCUT2D eigenvalue weighted by molar-refractivity contribution is -0.138. The zero-order valence-electron chi connectivity index (χ0n) is 11.1. The van der Waals surface area contributed by atoms with E-state index in [-0.39, 0.29) is 12.6 Å². The Balaban J connectivity index is 3.04. The minimum Gasteiger partial charge on any atom is -0.495 e. The quantitative estimate of drug-likeness (QED) is 0.801. The summed E-state index contributed by atoms with van der Waals surface area (Å²) in [6, 6.07) is 3.98. The molecule has 0 spiro atoms. The number of carbonyl (C=O) groups is 1. The summed E-state index contributed by atoms with van der Waals surface area (Å²) in [7, 11) is 1.61. The molecule has 0 aliphatic heterocycles. The number of hydrogen-bond donors (Lipinski definition) is 1. The molecule has 1 aromatic rings. The third-order valence-corrected chi connectivity index (χ3v) is 3.78. The minimum absolute atomic E-state index is 0.00491. The van der Waals surface area contributed by atoms with Crippen LogP contribution in [-0.4, -0.2) is 35.7 Å². The van der Waals surface area contributed by atoms with Crippen molar-refractivity contribution in [1.29, 1.82) is 0 Å². The SMILES string of the molecule is COc1c(Br)cc(Br)cc1CN(CC(=O)O)C(C)C. The van der Waals surface area contributed by atoms with Gasteiger partial charge in [0.05, 0.1) is 18.1 Å². The van der Waals surface area contributed by atoms with Gasteiger partial charge in [-0.3, -0.25) is 9.69 Å². The van der Waals surface area contributed by atoms with Crippen LogP contribution in [-0.2, 0) is 11.3 Å². The highest BCUT2D eigenvalue weighted by Crippen LogP contribution is 2.33. The van der Waals surface area contributed by atoms with Gasteiger partial charge in [-0.05, 0) is 41.9 Å². The Morgan fingerprint density at radius 2 is 2.05 bits per heavy atom. The van der Waals surface area contributed by atoms with Crippen molar-refractivity contribution in [2.45, 2.75) is 26.4 Å². The molecule has 0 radical (unpaired) electrons. The van der Waals surface area contributed by atoms with E-state index in [9.17, 15) is 4.79 Å². The van der Waals surface area contributed by atoms with Crippen LogP contribution in [0.4, 0.5) is 0 Å². The molecule has 0 bridgehead atoms. The van der Waals surface area contributed by atoms with Crippen LogP contribution in [0.1, 0.15) is 19.4 Å². The van der Waals surface area contributed by atoms with Gasteiger partial charge >= 0.3 is 5.97 Å². The molecule has 106 valence electrons. The minimum atomic E-state index is -0.832. The summed E-state index contributed by atoms with van der Waals surface area (Å²) in [6.45, 7) is 4.47. The molecule has 0 saturated heterocycles. The molecule has 0 aromatic heterocycles. The number of aliphatic carboxylic acids is 1. The number of methoxy groups -OCH3 is 1. The van der Waals surface area contributed by atoms with E-state index < -0.39 is 5.97 Å². The first-order valence-electron chi connectivity index (χ1n) is 5.83. The van der Waals surface area contributed by atoms with Crippen molar-refractivity contribution in [3.63, 3.8) is 0 Å². The van der Waals surface area contributed by atoms with E-state index >= 15 is 0 Å². The van der Waals surface area contributed by atoms with Crippen LogP contribution in [0.2, 0.25) is 0 Å². The Labute approximate surface area is 130 Å². The Bertz CT molecular complexity index is 463. The summed E-state index contributed by atoms with van der Waals surface area (Å²) >= 11 is 6.88. The zero-order valence-corrected chi connectivity index (χ0v) is 14.3. The molecule has 0 saturated carbocycles. The van der Waals surface area contributed by atoms with Crippen molar-refractivity contribution in [2.24, 2.45) is 0 Å². The Hall–Kier alpha value is -0.590. The van der Waals surface area contributed by atoms with Gasteiger partial charge in [0, 0.05) is 22.6 Å². The van der Waals surface area contributed by atoms with Crippen LogP contribution >= 0.6 is 31.9 Å². The molecule has 6 heteroatoms. The predicted molar refractivity (Wildman–Crippen MR) is 81.6 cm³/mol. The number of halogens is 2. The molecule has 1 rings (SSSR count). The fraction of sp³-hybridized carbons (Fsp3) is 0.462. The highest BCUT2D eigenvalue weighted by Gasteiger charge is 2.17. The van der Waals surface area contributed by atoms with Crippen molar-refractivity contribution < 1.29 is 14.6 Å². The molecule has 19 heavy (non-hydrogen) atoms. The molecule has 0 aliphatic rings. The fourth-order valence-corrected chi connectivity index (χ4v) is 3.25. The summed E-state index contributed by atoms with van der Waals surface area (Å²) < 4.78 is 7.15. The van der Waals surface area contributed by atoms with Crippen molar-refractivity contribution >= 4 is 37.8 Å². The molecule has 0 amide bonds. The first-order chi connectivity index (χ1) is 8.85. The van der Waals surface area contributed by atoms with E-state index in [1.165, 1.54) is 0 Å². The Morgan fingerprint density at radius 3 is 2.53 bits per heavy atom. The average molecular weight is 395 g/mol. The van der Waals surface area contributed by atoms with Crippen LogP contribution in [0.15, 0.2) is 21.1 Å². The maximum Gasteiger partial charge on any atom is 0.317 e. The van der Waals surface area contributed by atoms with E-state index in [0.29, 0.717) is 6.54 Å². The number of carboxylic acids is 1. The normalized spacial score (nSPS) is 11.1. The molecule has 0 heterocycles. The number of hydrogen-bond acceptors (Lipinski definition) is 3. The summed E-state index contributed by atoms with van der Waals surface area (Å²) in [5, 5.41) is 8.96. The number of nitrogens with zero attached hydrogens (tertiary/aromatic N) is 1. The Kier molecular flexibility index (Phi) is 6.29. The van der Waals surface area contributed by atoms with Crippen molar-refractivity contribution in [2.75, 3.05) is 13.7 Å². The van der Waals surface area contributed by atoms with Gasteiger partial charge in [-0.25, -0.2) is 0 Å². The highest BCUT2D eigenvalue weighted by atomic mass is 79.9. The largest absolute Gasteiger partial charge is 0.495 e. The molecule has 0 aliphatic carbocycles. The summed E-state index contributed by atoms with van der Waals surface area (Å²) in [5.41, 5.74) is 0.943. The standard InChI is InChI=1S/C13H17Br2NO3/c1-8(2)16(7-12(17)18)6-9-4-10(14)5-11(15)13(9)19-3/h4-5,8H,6-7H2,1-3H3,(H,17,18). The van der Waals surface area contributed by atoms with E-state index in [1.54, 1.807) is 7.11 Å². The Morgan fingerprint density at radius 1 is 1.42 bits per heavy atom. The van der Waals surface area contributed by atoms with Gasteiger partial charge < -0.3 is 9.84 Å². The number of rotatable bonds is 6. The topological polar surface area (TPSA) is 49.8 Å². The van der Waals surface area contributed by atoms with Crippen molar-refractivity contribution in [3.8, 4) is 5.75 Å². The zero-order chi connectivity index (χ0) is 14.6. The predicted octanol–water partition coefficient (Wildman–Crippen LogP) is 3.52. The smallest absolute Gasteiger partial charge is 0.317 e. The van der Waals surface area contributed by atoms with Gasteiger partial charge in [-0.1, -0.05) is 15.9 Å².